The van der Waals surface area contributed by atoms with Crippen LogP contribution in [0.5, 0.6) is 0 Å². The second kappa shape index (κ2) is 7.54. The van der Waals surface area contributed by atoms with E-state index in [0.717, 1.165) is 5.56 Å². The van der Waals surface area contributed by atoms with Crippen molar-refractivity contribution in [2.24, 2.45) is 0 Å². The highest BCUT2D eigenvalue weighted by Crippen LogP contribution is 2.15. The molecular formula is C16H23NO4. The molecular weight excluding hydrogens is 270 g/mol. The lowest BCUT2D eigenvalue weighted by Crippen LogP contribution is -2.53. The summed E-state index contributed by atoms with van der Waals surface area (Å²) in [6.07, 6.45) is -0.789. The third kappa shape index (κ3) is 4.52. The molecule has 0 saturated carbocycles. The van der Waals surface area contributed by atoms with Gasteiger partial charge in [0.2, 0.25) is 0 Å². The predicted molar refractivity (Wildman–Crippen MR) is 78.8 cm³/mol. The van der Waals surface area contributed by atoms with Gasteiger partial charge in [-0.1, -0.05) is 30.3 Å². The van der Waals surface area contributed by atoms with Crippen LogP contribution < -0.4 is 0 Å². The fourth-order valence-electron chi connectivity index (χ4n) is 2.65. The second-order valence-corrected chi connectivity index (χ2v) is 5.55. The third-order valence-electron chi connectivity index (χ3n) is 3.68. The van der Waals surface area contributed by atoms with Crippen molar-refractivity contribution in [1.82, 2.24) is 4.90 Å². The summed E-state index contributed by atoms with van der Waals surface area (Å²) < 4.78 is 5.37. The third-order valence-corrected chi connectivity index (χ3v) is 3.68. The van der Waals surface area contributed by atoms with Crippen LogP contribution in [-0.4, -0.2) is 59.0 Å². The maximum Gasteiger partial charge on any atom is 0.252 e. The number of hydrogen-bond donors (Lipinski definition) is 2. The summed E-state index contributed by atoms with van der Waals surface area (Å²) in [5.41, 5.74) is 0.929. The van der Waals surface area contributed by atoms with Crippen molar-refractivity contribution in [3.8, 4) is 0 Å². The molecule has 2 rings (SSSR count). The molecule has 1 aromatic carbocycles. The minimum atomic E-state index is -1.05. The molecule has 0 bridgehead atoms. The highest BCUT2D eigenvalue weighted by molar-refractivity contribution is 5.81. The molecule has 0 aliphatic carbocycles. The van der Waals surface area contributed by atoms with Gasteiger partial charge in [0.05, 0.1) is 25.4 Å². The monoisotopic (exact) mass is 293 g/mol. The molecule has 1 heterocycles. The van der Waals surface area contributed by atoms with E-state index in [9.17, 15) is 15.0 Å². The second-order valence-electron chi connectivity index (χ2n) is 5.55. The van der Waals surface area contributed by atoms with Gasteiger partial charge in [-0.25, -0.2) is 0 Å². The number of amides is 1. The van der Waals surface area contributed by atoms with Gasteiger partial charge in [0, 0.05) is 13.0 Å². The first-order valence-corrected chi connectivity index (χ1v) is 7.36. The Balaban J connectivity index is 1.99. The van der Waals surface area contributed by atoms with Crippen molar-refractivity contribution in [2.45, 2.75) is 38.0 Å². The lowest BCUT2D eigenvalue weighted by atomic mass is 10.0. The molecule has 5 heteroatoms. The Morgan fingerprint density at radius 3 is 2.76 bits per heavy atom. The summed E-state index contributed by atoms with van der Waals surface area (Å²) >= 11 is 0. The molecule has 2 unspecified atom stereocenters. The highest BCUT2D eigenvalue weighted by Gasteiger charge is 2.31. The van der Waals surface area contributed by atoms with E-state index in [1.807, 2.05) is 30.3 Å². The maximum absolute atomic E-state index is 12.4. The van der Waals surface area contributed by atoms with Crippen LogP contribution >= 0.6 is 0 Å². The SMILES string of the molecule is CC(O)CC1COCCN1C(=O)[C@@H](O)Cc1ccccc1. The van der Waals surface area contributed by atoms with Gasteiger partial charge < -0.3 is 19.8 Å². The normalized spacial score (nSPS) is 21.9. The Bertz CT molecular complexity index is 449. The summed E-state index contributed by atoms with van der Waals surface area (Å²) in [5.74, 6) is -0.284. The van der Waals surface area contributed by atoms with Crippen molar-refractivity contribution >= 4 is 5.91 Å². The minimum Gasteiger partial charge on any atom is -0.393 e. The molecule has 1 aromatic rings. The Kier molecular flexibility index (Phi) is 5.73. The van der Waals surface area contributed by atoms with E-state index >= 15 is 0 Å². The molecule has 21 heavy (non-hydrogen) atoms. The van der Waals surface area contributed by atoms with Gasteiger partial charge in [-0.3, -0.25) is 4.79 Å². The van der Waals surface area contributed by atoms with Crippen LogP contribution in [0.3, 0.4) is 0 Å². The Morgan fingerprint density at radius 2 is 2.10 bits per heavy atom. The number of ether oxygens (including phenoxy) is 1. The number of aliphatic hydroxyl groups is 2. The van der Waals surface area contributed by atoms with E-state index in [1.165, 1.54) is 0 Å². The zero-order valence-corrected chi connectivity index (χ0v) is 12.3. The van der Waals surface area contributed by atoms with Gasteiger partial charge in [0.25, 0.3) is 5.91 Å². The maximum atomic E-state index is 12.4. The minimum absolute atomic E-state index is 0.170. The average Bonchev–Trinajstić information content (AvgIpc) is 2.47. The number of carbonyl (C=O) groups is 1. The quantitative estimate of drug-likeness (QED) is 0.833. The molecule has 2 N–H and O–H groups in total. The number of rotatable bonds is 5. The molecule has 3 atom stereocenters. The van der Waals surface area contributed by atoms with Gasteiger partial charge in [-0.2, -0.15) is 0 Å². The van der Waals surface area contributed by atoms with Crippen LogP contribution in [0.25, 0.3) is 0 Å². The van der Waals surface area contributed by atoms with Crippen LogP contribution in [-0.2, 0) is 16.0 Å². The molecule has 116 valence electrons. The first kappa shape index (κ1) is 15.9. The van der Waals surface area contributed by atoms with Gasteiger partial charge >= 0.3 is 0 Å². The number of hydrogen-bond acceptors (Lipinski definition) is 4. The Labute approximate surface area is 125 Å². The van der Waals surface area contributed by atoms with E-state index in [0.29, 0.717) is 32.6 Å². The number of morpholine rings is 1. The first-order chi connectivity index (χ1) is 10.1. The lowest BCUT2D eigenvalue weighted by Gasteiger charge is -2.37. The zero-order chi connectivity index (χ0) is 15.2. The molecule has 5 nitrogen and oxygen atoms in total. The first-order valence-electron chi connectivity index (χ1n) is 7.36. The van der Waals surface area contributed by atoms with Gasteiger partial charge in [0.15, 0.2) is 0 Å². The topological polar surface area (TPSA) is 70.0 Å². The average molecular weight is 293 g/mol. The van der Waals surface area contributed by atoms with Crippen molar-refractivity contribution in [2.75, 3.05) is 19.8 Å². The molecule has 1 fully saturated rings. The van der Waals surface area contributed by atoms with E-state index in [1.54, 1.807) is 11.8 Å². The number of carbonyl (C=O) groups excluding carboxylic acids is 1. The van der Waals surface area contributed by atoms with Crippen molar-refractivity contribution in [3.63, 3.8) is 0 Å². The van der Waals surface area contributed by atoms with Gasteiger partial charge in [-0.05, 0) is 18.9 Å². The zero-order valence-electron chi connectivity index (χ0n) is 12.3. The summed E-state index contributed by atoms with van der Waals surface area (Å²) in [7, 11) is 0. The summed E-state index contributed by atoms with van der Waals surface area (Å²) in [6, 6.07) is 9.29. The Hall–Kier alpha value is -1.43. The van der Waals surface area contributed by atoms with E-state index < -0.39 is 12.2 Å². The number of nitrogens with zero attached hydrogens (tertiary/aromatic N) is 1. The standard InChI is InChI=1S/C16H23NO4/c1-12(18)9-14-11-21-8-7-17(14)16(20)15(19)10-13-5-3-2-4-6-13/h2-6,12,14-15,18-19H,7-11H2,1H3/t12?,14?,15-/m0/s1. The fraction of sp³-hybridized carbons (Fsp3) is 0.562. The molecule has 1 aliphatic rings. The van der Waals surface area contributed by atoms with Crippen molar-refractivity contribution in [1.29, 1.82) is 0 Å². The van der Waals surface area contributed by atoms with Crippen LogP contribution in [0.4, 0.5) is 0 Å². The van der Waals surface area contributed by atoms with Crippen LogP contribution in [0.2, 0.25) is 0 Å². The van der Waals surface area contributed by atoms with E-state index in [-0.39, 0.29) is 11.9 Å². The number of aliphatic hydroxyl groups excluding tert-OH is 2. The molecule has 1 saturated heterocycles. The van der Waals surface area contributed by atoms with Crippen molar-refractivity contribution < 1.29 is 19.7 Å². The van der Waals surface area contributed by atoms with Crippen LogP contribution in [0.15, 0.2) is 30.3 Å². The number of benzene rings is 1. The fourth-order valence-corrected chi connectivity index (χ4v) is 2.65. The highest BCUT2D eigenvalue weighted by atomic mass is 16.5. The van der Waals surface area contributed by atoms with E-state index in [2.05, 4.69) is 0 Å². The summed E-state index contributed by atoms with van der Waals surface area (Å²) in [4.78, 5) is 14.1. The smallest absolute Gasteiger partial charge is 0.252 e. The van der Waals surface area contributed by atoms with E-state index in [4.69, 9.17) is 4.74 Å². The molecule has 0 spiro atoms. The van der Waals surface area contributed by atoms with Crippen molar-refractivity contribution in [3.05, 3.63) is 35.9 Å². The lowest BCUT2D eigenvalue weighted by molar-refractivity contribution is -0.149. The largest absolute Gasteiger partial charge is 0.393 e. The van der Waals surface area contributed by atoms with Crippen LogP contribution in [0, 0.1) is 0 Å². The summed E-state index contributed by atoms with van der Waals surface area (Å²) in [6.45, 7) is 3.04. The molecule has 1 amide bonds. The molecule has 0 aromatic heterocycles. The molecule has 0 radical (unpaired) electrons. The molecule has 1 aliphatic heterocycles. The van der Waals surface area contributed by atoms with Gasteiger partial charge in [-0.15, -0.1) is 0 Å². The van der Waals surface area contributed by atoms with Gasteiger partial charge in [0.1, 0.15) is 6.10 Å². The Morgan fingerprint density at radius 1 is 1.38 bits per heavy atom. The predicted octanol–water partition coefficient (Wildman–Crippen LogP) is 0.588. The van der Waals surface area contributed by atoms with Crippen LogP contribution in [0.1, 0.15) is 18.9 Å². The summed E-state index contributed by atoms with van der Waals surface area (Å²) in [5, 5.41) is 19.7.